The molecule has 3 rings (SSSR count). The minimum atomic E-state index is -1.11. The Bertz CT molecular complexity index is 690. The summed E-state index contributed by atoms with van der Waals surface area (Å²) in [4.78, 5) is 37.9. The summed E-state index contributed by atoms with van der Waals surface area (Å²) in [6, 6.07) is 9.22. The van der Waals surface area contributed by atoms with Crippen molar-refractivity contribution in [1.29, 1.82) is 0 Å². The van der Waals surface area contributed by atoms with Crippen LogP contribution in [0.25, 0.3) is 0 Å². The van der Waals surface area contributed by atoms with Gasteiger partial charge in [0.1, 0.15) is 6.61 Å². The molecular formula is C18H21NO6. The van der Waals surface area contributed by atoms with E-state index in [0.29, 0.717) is 12.8 Å². The number of likely N-dealkylation sites (tertiary alicyclic amines) is 1. The van der Waals surface area contributed by atoms with Crippen LogP contribution in [0.4, 0.5) is 4.79 Å². The fourth-order valence-electron chi connectivity index (χ4n) is 4.00. The molecule has 1 N–H and O–H groups in total. The van der Waals surface area contributed by atoms with Crippen molar-refractivity contribution in [3.05, 3.63) is 35.9 Å². The minimum Gasteiger partial charge on any atom is -0.481 e. The Balaban J connectivity index is 1.76. The number of ether oxygens (including phenoxy) is 2. The largest absolute Gasteiger partial charge is 0.481 e. The lowest BCUT2D eigenvalue weighted by atomic mass is 9.75. The number of hydrogen-bond donors (Lipinski definition) is 1. The Kier molecular flexibility index (Phi) is 4.41. The van der Waals surface area contributed by atoms with Crippen molar-refractivity contribution < 1.29 is 29.0 Å². The number of amides is 1. The monoisotopic (exact) mass is 347 g/mol. The molecule has 2 bridgehead atoms. The molecule has 1 saturated carbocycles. The summed E-state index contributed by atoms with van der Waals surface area (Å²) in [6.07, 6.45) is 0.336. The number of carbonyl (C=O) groups excluding carboxylic acids is 2. The third-order valence-corrected chi connectivity index (χ3v) is 5.28. The first-order chi connectivity index (χ1) is 11.9. The number of methoxy groups -OCH3 is 1. The van der Waals surface area contributed by atoms with Crippen LogP contribution in [0.2, 0.25) is 0 Å². The summed E-state index contributed by atoms with van der Waals surface area (Å²) in [5.41, 5.74) is -1.23. The van der Waals surface area contributed by atoms with E-state index >= 15 is 0 Å². The maximum atomic E-state index is 12.5. The molecule has 25 heavy (non-hydrogen) atoms. The molecule has 7 nitrogen and oxygen atoms in total. The Morgan fingerprint density at radius 3 is 2.40 bits per heavy atom. The number of nitrogens with zero attached hydrogens (tertiary/aromatic N) is 1. The highest BCUT2D eigenvalue weighted by atomic mass is 16.6. The van der Waals surface area contributed by atoms with Gasteiger partial charge in [-0.1, -0.05) is 30.3 Å². The van der Waals surface area contributed by atoms with E-state index in [2.05, 4.69) is 0 Å². The molecule has 1 heterocycles. The van der Waals surface area contributed by atoms with Gasteiger partial charge in [-0.2, -0.15) is 0 Å². The van der Waals surface area contributed by atoms with Gasteiger partial charge in [0.2, 0.25) is 0 Å². The normalized spacial score (nSPS) is 27.6. The van der Waals surface area contributed by atoms with E-state index in [1.807, 2.05) is 30.3 Å². The Hall–Kier alpha value is -2.57. The summed E-state index contributed by atoms with van der Waals surface area (Å²) in [5.74, 6) is -1.45. The van der Waals surface area contributed by atoms with Crippen LogP contribution < -0.4 is 0 Å². The van der Waals surface area contributed by atoms with Gasteiger partial charge in [0.15, 0.2) is 0 Å². The van der Waals surface area contributed by atoms with Crippen LogP contribution in [-0.4, -0.2) is 48.2 Å². The predicted octanol–water partition coefficient (Wildman–Crippen LogP) is 2.05. The van der Waals surface area contributed by atoms with Crippen LogP contribution in [-0.2, 0) is 25.7 Å². The fraction of sp³-hybridized carbons (Fsp3) is 0.500. The van der Waals surface area contributed by atoms with Crippen molar-refractivity contribution in [2.45, 2.75) is 25.9 Å². The standard InChI is InChI=1S/C18H21NO6/c1-24-15(22)18-8-7-17(10-18,14(20)21)11-19(12-18)16(23)25-9-13-5-3-2-4-6-13/h2-6H,7-12H2,1H3,(H,20,21). The molecule has 2 unspecified atom stereocenters. The second-order valence-corrected chi connectivity index (χ2v) is 6.93. The van der Waals surface area contributed by atoms with Crippen LogP contribution in [0.15, 0.2) is 30.3 Å². The van der Waals surface area contributed by atoms with Gasteiger partial charge in [0.05, 0.1) is 17.9 Å². The van der Waals surface area contributed by atoms with Gasteiger partial charge in [0, 0.05) is 13.1 Å². The maximum Gasteiger partial charge on any atom is 0.410 e. The first kappa shape index (κ1) is 17.3. The van der Waals surface area contributed by atoms with Crippen LogP contribution in [0.1, 0.15) is 24.8 Å². The number of carboxylic acids is 1. The third kappa shape index (κ3) is 3.06. The highest BCUT2D eigenvalue weighted by Gasteiger charge is 2.62. The molecule has 1 aliphatic carbocycles. The molecule has 0 spiro atoms. The van der Waals surface area contributed by atoms with Gasteiger partial charge in [-0.25, -0.2) is 4.79 Å². The second-order valence-electron chi connectivity index (χ2n) is 6.93. The molecule has 134 valence electrons. The van der Waals surface area contributed by atoms with Crippen LogP contribution in [0.5, 0.6) is 0 Å². The number of rotatable bonds is 4. The van der Waals surface area contributed by atoms with Gasteiger partial charge < -0.3 is 19.5 Å². The molecule has 0 aromatic heterocycles. The molecule has 1 amide bonds. The molecule has 1 aromatic rings. The van der Waals surface area contributed by atoms with Gasteiger partial charge in [0.25, 0.3) is 0 Å². The van der Waals surface area contributed by atoms with E-state index in [0.717, 1.165) is 5.56 Å². The van der Waals surface area contributed by atoms with Crippen LogP contribution in [0, 0.1) is 10.8 Å². The summed E-state index contributed by atoms with van der Waals surface area (Å²) in [6.45, 7) is 0.276. The summed E-state index contributed by atoms with van der Waals surface area (Å²) >= 11 is 0. The van der Waals surface area contributed by atoms with Crippen molar-refractivity contribution in [3.63, 3.8) is 0 Å². The zero-order valence-corrected chi connectivity index (χ0v) is 14.1. The first-order valence-electron chi connectivity index (χ1n) is 8.18. The van der Waals surface area contributed by atoms with Gasteiger partial charge >= 0.3 is 18.0 Å². The Labute approximate surface area is 145 Å². The first-order valence-corrected chi connectivity index (χ1v) is 8.18. The molecule has 1 saturated heterocycles. The van der Waals surface area contributed by atoms with Gasteiger partial charge in [-0.15, -0.1) is 0 Å². The molecule has 2 aliphatic rings. The topological polar surface area (TPSA) is 93.1 Å². The Morgan fingerprint density at radius 1 is 1.12 bits per heavy atom. The minimum absolute atomic E-state index is 0.0503. The third-order valence-electron chi connectivity index (χ3n) is 5.28. The summed E-state index contributed by atoms with van der Waals surface area (Å²) in [5, 5.41) is 9.66. The number of piperidine rings is 1. The number of aliphatic carboxylic acids is 1. The van der Waals surface area contributed by atoms with E-state index in [9.17, 15) is 19.5 Å². The van der Waals surface area contributed by atoms with Crippen molar-refractivity contribution in [3.8, 4) is 0 Å². The average molecular weight is 347 g/mol. The maximum absolute atomic E-state index is 12.5. The number of carboxylic acid groups (broad SMARTS) is 1. The van der Waals surface area contributed by atoms with Gasteiger partial charge in [-0.3, -0.25) is 9.59 Å². The zero-order valence-electron chi connectivity index (χ0n) is 14.1. The van der Waals surface area contributed by atoms with E-state index in [-0.39, 0.29) is 26.1 Å². The smallest absolute Gasteiger partial charge is 0.410 e. The summed E-state index contributed by atoms with van der Waals surface area (Å²) < 4.78 is 10.2. The number of hydrogen-bond acceptors (Lipinski definition) is 5. The molecule has 2 fully saturated rings. The molecule has 2 atom stereocenters. The van der Waals surface area contributed by atoms with Crippen molar-refractivity contribution in [2.24, 2.45) is 10.8 Å². The highest BCUT2D eigenvalue weighted by molar-refractivity contribution is 5.84. The molecular weight excluding hydrogens is 326 g/mol. The number of esters is 1. The predicted molar refractivity (Wildman–Crippen MR) is 86.6 cm³/mol. The number of fused-ring (bicyclic) bond motifs is 2. The molecule has 1 aliphatic heterocycles. The van der Waals surface area contributed by atoms with Crippen LogP contribution >= 0.6 is 0 Å². The van der Waals surface area contributed by atoms with Gasteiger partial charge in [-0.05, 0) is 24.8 Å². The molecule has 7 heteroatoms. The van der Waals surface area contributed by atoms with Crippen molar-refractivity contribution in [1.82, 2.24) is 4.90 Å². The highest BCUT2D eigenvalue weighted by Crippen LogP contribution is 2.54. The zero-order chi connectivity index (χ0) is 18.1. The van der Waals surface area contributed by atoms with E-state index in [4.69, 9.17) is 9.47 Å². The average Bonchev–Trinajstić information content (AvgIpc) is 2.92. The number of carbonyl (C=O) groups is 3. The SMILES string of the molecule is COC(=O)C12CCC(C(=O)O)(CN(C(=O)OCc3ccccc3)C1)C2. The summed E-state index contributed by atoms with van der Waals surface area (Å²) in [7, 11) is 1.28. The van der Waals surface area contributed by atoms with E-state index < -0.39 is 28.9 Å². The lowest BCUT2D eigenvalue weighted by Gasteiger charge is -2.41. The lowest BCUT2D eigenvalue weighted by Crippen LogP contribution is -2.55. The quantitative estimate of drug-likeness (QED) is 0.838. The second kappa shape index (κ2) is 6.38. The number of benzene rings is 1. The lowest BCUT2D eigenvalue weighted by molar-refractivity contribution is -0.160. The fourth-order valence-corrected chi connectivity index (χ4v) is 4.00. The molecule has 0 radical (unpaired) electrons. The van der Waals surface area contributed by atoms with Crippen molar-refractivity contribution in [2.75, 3.05) is 20.2 Å². The Morgan fingerprint density at radius 2 is 1.76 bits per heavy atom. The van der Waals surface area contributed by atoms with E-state index in [1.54, 1.807) is 0 Å². The van der Waals surface area contributed by atoms with Crippen LogP contribution in [0.3, 0.4) is 0 Å². The van der Waals surface area contributed by atoms with E-state index in [1.165, 1.54) is 12.0 Å². The van der Waals surface area contributed by atoms with Crippen molar-refractivity contribution >= 4 is 18.0 Å². The molecule has 1 aromatic carbocycles.